The number of aryl methyl sites for hydroxylation is 1. The molecule has 1 rings (SSSR count). The first-order chi connectivity index (χ1) is 8.70. The summed E-state index contributed by atoms with van der Waals surface area (Å²) in [6.07, 6.45) is -4.36. The molecule has 0 atom stereocenters. The Morgan fingerprint density at radius 1 is 1.32 bits per heavy atom. The van der Waals surface area contributed by atoms with Crippen LogP contribution >= 0.6 is 23.2 Å². The first-order valence-corrected chi connectivity index (χ1v) is 5.98. The van der Waals surface area contributed by atoms with Crippen molar-refractivity contribution in [1.29, 1.82) is 0 Å². The van der Waals surface area contributed by atoms with Crippen LogP contribution in [0.4, 0.5) is 18.9 Å². The van der Waals surface area contributed by atoms with Gasteiger partial charge in [0.1, 0.15) is 0 Å². The van der Waals surface area contributed by atoms with Crippen molar-refractivity contribution in [3.05, 3.63) is 27.7 Å². The highest BCUT2D eigenvalue weighted by molar-refractivity contribution is 6.40. The smallest absolute Gasteiger partial charge is 0.322 e. The lowest BCUT2D eigenvalue weighted by Gasteiger charge is -2.12. The van der Waals surface area contributed by atoms with E-state index in [0.29, 0.717) is 5.56 Å². The summed E-state index contributed by atoms with van der Waals surface area (Å²) in [6, 6.07) is 3.21. The SMILES string of the molecule is Cc1ccc(Cl)c(NC(=O)CNCC(F)(F)F)c1Cl. The molecule has 0 aromatic heterocycles. The van der Waals surface area contributed by atoms with Gasteiger partial charge in [0.25, 0.3) is 0 Å². The third-order valence-corrected chi connectivity index (χ3v) is 2.96. The summed E-state index contributed by atoms with van der Waals surface area (Å²) in [6.45, 7) is -0.00790. The van der Waals surface area contributed by atoms with Gasteiger partial charge < -0.3 is 10.6 Å². The summed E-state index contributed by atoms with van der Waals surface area (Å²) in [4.78, 5) is 11.5. The lowest BCUT2D eigenvalue weighted by atomic mass is 10.2. The minimum absolute atomic E-state index is 0.196. The Labute approximate surface area is 118 Å². The highest BCUT2D eigenvalue weighted by atomic mass is 35.5. The molecule has 0 aliphatic rings. The van der Waals surface area contributed by atoms with Crippen molar-refractivity contribution in [3.8, 4) is 0 Å². The summed E-state index contributed by atoms with van der Waals surface area (Å²) in [5.74, 6) is -0.654. The zero-order valence-corrected chi connectivity index (χ0v) is 11.4. The van der Waals surface area contributed by atoms with Gasteiger partial charge in [-0.1, -0.05) is 29.3 Å². The normalized spacial score (nSPS) is 11.5. The van der Waals surface area contributed by atoms with Crippen LogP contribution in [-0.4, -0.2) is 25.2 Å². The van der Waals surface area contributed by atoms with E-state index in [2.05, 4.69) is 5.32 Å². The Morgan fingerprint density at radius 3 is 2.53 bits per heavy atom. The number of benzene rings is 1. The molecule has 0 bridgehead atoms. The van der Waals surface area contributed by atoms with Crippen LogP contribution in [-0.2, 0) is 4.79 Å². The molecule has 0 fully saturated rings. The molecule has 0 spiro atoms. The van der Waals surface area contributed by atoms with Crippen LogP contribution in [0.3, 0.4) is 0 Å². The molecular weight excluding hydrogens is 304 g/mol. The van der Waals surface area contributed by atoms with E-state index in [1.165, 1.54) is 0 Å². The van der Waals surface area contributed by atoms with E-state index in [9.17, 15) is 18.0 Å². The number of nitrogens with one attached hydrogen (secondary N) is 2. The van der Waals surface area contributed by atoms with Gasteiger partial charge in [-0.15, -0.1) is 0 Å². The first kappa shape index (κ1) is 16.1. The third-order valence-electron chi connectivity index (χ3n) is 2.16. The summed E-state index contributed by atoms with van der Waals surface area (Å²) >= 11 is 11.8. The largest absolute Gasteiger partial charge is 0.401 e. The molecule has 2 N–H and O–H groups in total. The molecule has 0 aliphatic heterocycles. The van der Waals surface area contributed by atoms with E-state index < -0.39 is 25.2 Å². The van der Waals surface area contributed by atoms with Crippen molar-refractivity contribution in [1.82, 2.24) is 5.32 Å². The number of halogens is 5. The number of hydrogen-bond donors (Lipinski definition) is 2. The minimum Gasteiger partial charge on any atom is -0.322 e. The average Bonchev–Trinajstić information content (AvgIpc) is 2.28. The molecular formula is C11H11Cl2F3N2O. The van der Waals surface area contributed by atoms with Gasteiger partial charge in [-0.3, -0.25) is 4.79 Å². The molecule has 0 heterocycles. The second kappa shape index (κ2) is 6.45. The first-order valence-electron chi connectivity index (χ1n) is 5.22. The molecule has 19 heavy (non-hydrogen) atoms. The fraction of sp³-hybridized carbons (Fsp3) is 0.364. The minimum atomic E-state index is -4.36. The molecule has 0 unspecified atom stereocenters. The highest BCUT2D eigenvalue weighted by Crippen LogP contribution is 2.32. The van der Waals surface area contributed by atoms with Gasteiger partial charge in [-0.25, -0.2) is 0 Å². The van der Waals surface area contributed by atoms with Crippen LogP contribution in [0, 0.1) is 6.92 Å². The van der Waals surface area contributed by atoms with Crippen LogP contribution in [0.15, 0.2) is 12.1 Å². The van der Waals surface area contributed by atoms with E-state index in [4.69, 9.17) is 23.2 Å². The Hall–Kier alpha value is -0.980. The van der Waals surface area contributed by atoms with Gasteiger partial charge in [0.15, 0.2) is 0 Å². The summed E-state index contributed by atoms with van der Waals surface area (Å²) in [5.41, 5.74) is 0.895. The van der Waals surface area contributed by atoms with Crippen molar-refractivity contribution >= 4 is 34.8 Å². The third kappa shape index (κ3) is 5.26. The van der Waals surface area contributed by atoms with E-state index in [1.807, 2.05) is 5.32 Å². The molecule has 0 saturated carbocycles. The van der Waals surface area contributed by atoms with E-state index in [1.54, 1.807) is 19.1 Å². The van der Waals surface area contributed by atoms with Crippen LogP contribution in [0.5, 0.6) is 0 Å². The highest BCUT2D eigenvalue weighted by Gasteiger charge is 2.26. The maximum atomic E-state index is 11.9. The topological polar surface area (TPSA) is 41.1 Å². The van der Waals surface area contributed by atoms with E-state index in [-0.39, 0.29) is 15.7 Å². The van der Waals surface area contributed by atoms with Crippen molar-refractivity contribution in [2.75, 3.05) is 18.4 Å². The number of carbonyl (C=O) groups excluding carboxylic acids is 1. The van der Waals surface area contributed by atoms with Gasteiger partial charge >= 0.3 is 6.18 Å². The monoisotopic (exact) mass is 314 g/mol. The number of rotatable bonds is 4. The molecule has 0 saturated heterocycles. The van der Waals surface area contributed by atoms with Crippen LogP contribution in [0.2, 0.25) is 10.0 Å². The lowest BCUT2D eigenvalue weighted by molar-refractivity contribution is -0.126. The number of carbonyl (C=O) groups is 1. The predicted octanol–water partition coefficient (Wildman–Crippen LogP) is 3.39. The van der Waals surface area contributed by atoms with E-state index in [0.717, 1.165) is 0 Å². The van der Waals surface area contributed by atoms with Crippen LogP contribution < -0.4 is 10.6 Å². The Balaban J connectivity index is 2.61. The van der Waals surface area contributed by atoms with Gasteiger partial charge in [-0.2, -0.15) is 13.2 Å². The molecule has 3 nitrogen and oxygen atoms in total. The maximum absolute atomic E-state index is 11.9. The molecule has 1 aromatic carbocycles. The van der Waals surface area contributed by atoms with Gasteiger partial charge in [0.2, 0.25) is 5.91 Å². The van der Waals surface area contributed by atoms with Gasteiger partial charge in [0, 0.05) is 0 Å². The van der Waals surface area contributed by atoms with Crippen molar-refractivity contribution in [2.24, 2.45) is 0 Å². The molecule has 1 aromatic rings. The molecule has 1 amide bonds. The lowest BCUT2D eigenvalue weighted by Crippen LogP contribution is -2.35. The molecule has 0 aliphatic carbocycles. The second-order valence-electron chi connectivity index (χ2n) is 3.82. The average molecular weight is 315 g/mol. The Morgan fingerprint density at radius 2 is 1.95 bits per heavy atom. The molecule has 8 heteroatoms. The number of hydrogen-bond acceptors (Lipinski definition) is 2. The van der Waals surface area contributed by atoms with Gasteiger partial charge in [-0.05, 0) is 18.6 Å². The van der Waals surface area contributed by atoms with E-state index >= 15 is 0 Å². The Kier molecular flexibility index (Phi) is 5.46. The fourth-order valence-corrected chi connectivity index (χ4v) is 1.74. The van der Waals surface area contributed by atoms with Crippen molar-refractivity contribution in [3.63, 3.8) is 0 Å². The fourth-order valence-electron chi connectivity index (χ4n) is 1.27. The summed E-state index contributed by atoms with van der Waals surface area (Å²) in [7, 11) is 0. The quantitative estimate of drug-likeness (QED) is 0.894. The summed E-state index contributed by atoms with van der Waals surface area (Å²) in [5, 5.41) is 4.83. The van der Waals surface area contributed by atoms with Gasteiger partial charge in [0.05, 0.1) is 28.8 Å². The number of amides is 1. The van der Waals surface area contributed by atoms with Crippen LogP contribution in [0.1, 0.15) is 5.56 Å². The number of alkyl halides is 3. The number of anilines is 1. The zero-order valence-electron chi connectivity index (χ0n) is 9.87. The molecule has 106 valence electrons. The maximum Gasteiger partial charge on any atom is 0.401 e. The van der Waals surface area contributed by atoms with Crippen molar-refractivity contribution in [2.45, 2.75) is 13.1 Å². The molecule has 0 radical (unpaired) electrons. The Bertz CT molecular complexity index is 478. The van der Waals surface area contributed by atoms with Crippen molar-refractivity contribution < 1.29 is 18.0 Å². The zero-order chi connectivity index (χ0) is 14.6. The second-order valence-corrected chi connectivity index (χ2v) is 4.61. The van der Waals surface area contributed by atoms with Crippen LogP contribution in [0.25, 0.3) is 0 Å². The standard InChI is InChI=1S/C11H11Cl2F3N2O/c1-6-2-3-7(12)10(9(6)13)18-8(19)4-17-5-11(14,15)16/h2-3,17H,4-5H2,1H3,(H,18,19). The summed E-state index contributed by atoms with van der Waals surface area (Å²) < 4.78 is 35.6. The predicted molar refractivity (Wildman–Crippen MR) is 68.8 cm³/mol.